The van der Waals surface area contributed by atoms with Gasteiger partial charge in [-0.2, -0.15) is 5.10 Å². The van der Waals surface area contributed by atoms with Gasteiger partial charge in [-0.25, -0.2) is 5.43 Å². The summed E-state index contributed by atoms with van der Waals surface area (Å²) in [7, 11) is 0. The first-order valence-electron chi connectivity index (χ1n) is 8.38. The van der Waals surface area contributed by atoms with Crippen LogP contribution in [0.1, 0.15) is 36.7 Å². The summed E-state index contributed by atoms with van der Waals surface area (Å²) in [6, 6.07) is 16.0. The van der Waals surface area contributed by atoms with Gasteiger partial charge in [-0.05, 0) is 67.3 Å². The molecule has 0 radical (unpaired) electrons. The van der Waals surface area contributed by atoms with Gasteiger partial charge in [0.25, 0.3) is 11.8 Å². The highest BCUT2D eigenvalue weighted by Gasteiger charge is 2.08. The van der Waals surface area contributed by atoms with E-state index in [1.54, 1.807) is 47.9 Å². The molecule has 0 atom stereocenters. The molecule has 6 heteroatoms. The Hall–Kier alpha value is -3.25. The van der Waals surface area contributed by atoms with E-state index < -0.39 is 0 Å². The molecular weight excluding hydrogens is 358 g/mol. The zero-order valence-electron chi connectivity index (χ0n) is 15.0. The number of nitrogens with zero attached hydrogens (tertiary/aromatic N) is 1. The number of aryl methyl sites for hydroxylation is 2. The van der Waals surface area contributed by atoms with Crippen LogP contribution in [-0.2, 0) is 0 Å². The van der Waals surface area contributed by atoms with Crippen LogP contribution < -0.4 is 10.7 Å². The fourth-order valence-electron chi connectivity index (χ4n) is 2.43. The van der Waals surface area contributed by atoms with Crippen molar-refractivity contribution in [2.75, 3.05) is 5.32 Å². The molecule has 3 rings (SSSR count). The van der Waals surface area contributed by atoms with Gasteiger partial charge in [-0.15, -0.1) is 11.3 Å². The van der Waals surface area contributed by atoms with Crippen LogP contribution in [0.3, 0.4) is 0 Å². The summed E-state index contributed by atoms with van der Waals surface area (Å²) in [5.74, 6) is -0.496. The van der Waals surface area contributed by atoms with Crippen LogP contribution in [-0.4, -0.2) is 18.0 Å². The summed E-state index contributed by atoms with van der Waals surface area (Å²) in [4.78, 5) is 25.4. The summed E-state index contributed by atoms with van der Waals surface area (Å²) in [6.07, 6.45) is 1.63. The highest BCUT2D eigenvalue weighted by Crippen LogP contribution is 2.13. The van der Waals surface area contributed by atoms with Crippen LogP contribution in [0.15, 0.2) is 65.1 Å². The van der Waals surface area contributed by atoms with Crippen molar-refractivity contribution in [3.8, 4) is 0 Å². The number of rotatable bonds is 5. The van der Waals surface area contributed by atoms with Gasteiger partial charge in [-0.3, -0.25) is 9.59 Å². The quantitative estimate of drug-likeness (QED) is 0.512. The number of nitrogens with one attached hydrogen (secondary N) is 2. The molecule has 2 N–H and O–H groups in total. The van der Waals surface area contributed by atoms with Crippen molar-refractivity contribution in [3.63, 3.8) is 0 Å². The molecule has 0 unspecified atom stereocenters. The van der Waals surface area contributed by atoms with Crippen molar-refractivity contribution in [2.45, 2.75) is 13.8 Å². The Bertz CT molecular complexity index is 991. The SMILES string of the molecule is Cc1cccc(C(=O)Nc2ccc(C(=O)N/N=C/c3sccc3C)cc2)c1. The summed E-state index contributed by atoms with van der Waals surface area (Å²) >= 11 is 1.56. The van der Waals surface area contributed by atoms with Gasteiger partial charge < -0.3 is 5.32 Å². The molecular formula is C21H19N3O2S. The minimum atomic E-state index is -0.308. The molecule has 0 saturated carbocycles. The van der Waals surface area contributed by atoms with Gasteiger partial charge in [0.15, 0.2) is 0 Å². The Kier molecular flexibility index (Phi) is 5.78. The molecule has 0 aliphatic rings. The molecule has 3 aromatic rings. The maximum atomic E-state index is 12.3. The molecule has 27 heavy (non-hydrogen) atoms. The van der Waals surface area contributed by atoms with E-state index in [1.165, 1.54) is 0 Å². The Morgan fingerprint density at radius 3 is 2.41 bits per heavy atom. The van der Waals surface area contributed by atoms with Crippen molar-refractivity contribution < 1.29 is 9.59 Å². The number of hydrazone groups is 1. The molecule has 1 heterocycles. The minimum Gasteiger partial charge on any atom is -0.322 e. The van der Waals surface area contributed by atoms with Crippen LogP contribution in [0.2, 0.25) is 0 Å². The highest BCUT2D eigenvalue weighted by molar-refractivity contribution is 7.11. The number of amides is 2. The molecule has 0 bridgehead atoms. The second kappa shape index (κ2) is 8.42. The molecule has 0 aliphatic heterocycles. The van der Waals surface area contributed by atoms with Gasteiger partial charge in [0, 0.05) is 21.7 Å². The highest BCUT2D eigenvalue weighted by atomic mass is 32.1. The molecule has 2 amide bonds. The lowest BCUT2D eigenvalue weighted by Gasteiger charge is -2.07. The first-order chi connectivity index (χ1) is 13.0. The lowest BCUT2D eigenvalue weighted by molar-refractivity contribution is 0.0954. The van der Waals surface area contributed by atoms with E-state index in [-0.39, 0.29) is 11.8 Å². The largest absolute Gasteiger partial charge is 0.322 e. The lowest BCUT2D eigenvalue weighted by atomic mass is 10.1. The van der Waals surface area contributed by atoms with Gasteiger partial charge in [0.1, 0.15) is 0 Å². The van der Waals surface area contributed by atoms with Crippen molar-refractivity contribution in [1.29, 1.82) is 0 Å². The van der Waals surface area contributed by atoms with Crippen molar-refractivity contribution in [2.24, 2.45) is 5.10 Å². The normalized spacial score (nSPS) is 10.7. The Morgan fingerprint density at radius 2 is 1.74 bits per heavy atom. The zero-order chi connectivity index (χ0) is 19.2. The molecule has 1 aromatic heterocycles. The average molecular weight is 377 g/mol. The Balaban J connectivity index is 1.59. The summed E-state index contributed by atoms with van der Waals surface area (Å²) < 4.78 is 0. The van der Waals surface area contributed by atoms with Crippen molar-refractivity contribution >= 4 is 35.1 Å². The number of anilines is 1. The monoisotopic (exact) mass is 377 g/mol. The molecule has 0 saturated heterocycles. The van der Waals surface area contributed by atoms with Crippen molar-refractivity contribution in [3.05, 3.63) is 87.1 Å². The van der Waals surface area contributed by atoms with Crippen LogP contribution in [0.4, 0.5) is 5.69 Å². The Morgan fingerprint density at radius 1 is 0.963 bits per heavy atom. The number of thiophene rings is 1. The fraction of sp³-hybridized carbons (Fsp3) is 0.0952. The standard InChI is InChI=1S/C21H19N3O2S/c1-14-4-3-5-17(12-14)20(25)23-18-8-6-16(7-9-18)21(26)24-22-13-19-15(2)10-11-27-19/h3-13H,1-2H3,(H,23,25)(H,24,26)/b22-13+. The van der Waals surface area contributed by atoms with E-state index in [1.807, 2.05) is 43.5 Å². The second-order valence-electron chi connectivity index (χ2n) is 6.07. The molecule has 0 fully saturated rings. The topological polar surface area (TPSA) is 70.6 Å². The molecule has 5 nitrogen and oxygen atoms in total. The third-order valence-electron chi connectivity index (χ3n) is 3.93. The number of carbonyl (C=O) groups excluding carboxylic acids is 2. The second-order valence-corrected chi connectivity index (χ2v) is 7.02. The number of hydrogen-bond donors (Lipinski definition) is 2. The van der Waals surface area contributed by atoms with Crippen LogP contribution in [0.5, 0.6) is 0 Å². The number of carbonyl (C=O) groups is 2. The molecule has 136 valence electrons. The summed E-state index contributed by atoms with van der Waals surface area (Å²) in [5, 5.41) is 8.78. The van der Waals surface area contributed by atoms with E-state index in [0.717, 1.165) is 16.0 Å². The first kappa shape index (κ1) is 18.5. The summed E-state index contributed by atoms with van der Waals surface area (Å²) in [5.41, 5.74) is 6.32. The fourth-order valence-corrected chi connectivity index (χ4v) is 3.21. The maximum absolute atomic E-state index is 12.3. The van der Waals surface area contributed by atoms with E-state index >= 15 is 0 Å². The van der Waals surface area contributed by atoms with E-state index in [9.17, 15) is 9.59 Å². The summed E-state index contributed by atoms with van der Waals surface area (Å²) in [6.45, 7) is 3.93. The molecule has 0 spiro atoms. The van der Waals surface area contributed by atoms with Crippen LogP contribution >= 0.6 is 11.3 Å². The first-order valence-corrected chi connectivity index (χ1v) is 9.26. The molecule has 0 aliphatic carbocycles. The minimum absolute atomic E-state index is 0.188. The van der Waals surface area contributed by atoms with E-state index in [4.69, 9.17) is 0 Å². The average Bonchev–Trinajstić information content (AvgIpc) is 3.07. The van der Waals surface area contributed by atoms with Gasteiger partial charge >= 0.3 is 0 Å². The lowest BCUT2D eigenvalue weighted by Crippen LogP contribution is -2.17. The third kappa shape index (κ3) is 4.89. The predicted octanol–water partition coefficient (Wildman–Crippen LogP) is 4.38. The molecule has 2 aromatic carbocycles. The maximum Gasteiger partial charge on any atom is 0.271 e. The third-order valence-corrected chi connectivity index (χ3v) is 4.89. The van der Waals surface area contributed by atoms with Crippen molar-refractivity contribution in [1.82, 2.24) is 5.43 Å². The van der Waals surface area contributed by atoms with E-state index in [0.29, 0.717) is 16.8 Å². The predicted molar refractivity (Wildman–Crippen MR) is 110 cm³/mol. The van der Waals surface area contributed by atoms with Crippen LogP contribution in [0, 0.1) is 13.8 Å². The van der Waals surface area contributed by atoms with Gasteiger partial charge in [0.05, 0.1) is 6.21 Å². The van der Waals surface area contributed by atoms with E-state index in [2.05, 4.69) is 15.8 Å². The number of hydrogen-bond acceptors (Lipinski definition) is 4. The number of benzene rings is 2. The smallest absolute Gasteiger partial charge is 0.271 e. The van der Waals surface area contributed by atoms with Gasteiger partial charge in [-0.1, -0.05) is 17.7 Å². The zero-order valence-corrected chi connectivity index (χ0v) is 15.8. The van der Waals surface area contributed by atoms with Gasteiger partial charge in [0.2, 0.25) is 0 Å². The van der Waals surface area contributed by atoms with Crippen LogP contribution in [0.25, 0.3) is 0 Å². The Labute approximate surface area is 161 Å².